The molecule has 3 rings (SSSR count). The highest BCUT2D eigenvalue weighted by Gasteiger charge is 2.09. The molecule has 0 aliphatic carbocycles. The van der Waals surface area contributed by atoms with E-state index < -0.39 is 0 Å². The number of carbonyl (C=O) groups is 1. The lowest BCUT2D eigenvalue weighted by atomic mass is 10.3. The quantitative estimate of drug-likeness (QED) is 0.749. The number of hydrogen-bond donors (Lipinski definition) is 2. The van der Waals surface area contributed by atoms with Gasteiger partial charge < -0.3 is 9.73 Å². The Morgan fingerprint density at radius 3 is 2.87 bits per heavy atom. The first-order chi connectivity index (χ1) is 11.2. The van der Waals surface area contributed by atoms with Gasteiger partial charge in [-0.3, -0.25) is 10.00 Å². The van der Waals surface area contributed by atoms with Crippen LogP contribution in [-0.2, 0) is 19.9 Å². The SMILES string of the molecule is CCc1nc(NC(=O)NCCc2nc3ccccc3o2)nn1C. The Balaban J connectivity index is 1.50. The summed E-state index contributed by atoms with van der Waals surface area (Å²) in [7, 11) is 1.79. The Kier molecular flexibility index (Phi) is 4.22. The molecule has 0 aliphatic heterocycles. The second-order valence-corrected chi connectivity index (χ2v) is 5.04. The van der Waals surface area contributed by atoms with Gasteiger partial charge in [-0.2, -0.15) is 4.98 Å². The predicted octanol–water partition coefficient (Wildman–Crippen LogP) is 1.88. The molecule has 8 nitrogen and oxygen atoms in total. The van der Waals surface area contributed by atoms with Gasteiger partial charge >= 0.3 is 6.03 Å². The first-order valence-electron chi connectivity index (χ1n) is 7.45. The third kappa shape index (κ3) is 3.47. The third-order valence-electron chi connectivity index (χ3n) is 3.36. The minimum atomic E-state index is -0.352. The number of benzene rings is 1. The van der Waals surface area contributed by atoms with E-state index in [1.165, 1.54) is 0 Å². The number of aromatic nitrogens is 4. The normalized spacial score (nSPS) is 10.9. The van der Waals surface area contributed by atoms with Crippen LogP contribution in [0.1, 0.15) is 18.6 Å². The van der Waals surface area contributed by atoms with E-state index in [9.17, 15) is 4.79 Å². The minimum absolute atomic E-state index is 0.295. The van der Waals surface area contributed by atoms with Gasteiger partial charge in [0.2, 0.25) is 5.95 Å². The van der Waals surface area contributed by atoms with Gasteiger partial charge in [0, 0.05) is 26.4 Å². The van der Waals surface area contributed by atoms with Crippen molar-refractivity contribution in [1.29, 1.82) is 0 Å². The van der Waals surface area contributed by atoms with Gasteiger partial charge in [0.25, 0.3) is 0 Å². The molecule has 2 N–H and O–H groups in total. The van der Waals surface area contributed by atoms with Crippen LogP contribution in [-0.4, -0.2) is 32.3 Å². The molecule has 0 aliphatic rings. The number of amides is 2. The number of urea groups is 1. The fourth-order valence-corrected chi connectivity index (χ4v) is 2.23. The van der Waals surface area contributed by atoms with E-state index >= 15 is 0 Å². The largest absolute Gasteiger partial charge is 0.441 e. The van der Waals surface area contributed by atoms with Gasteiger partial charge in [-0.1, -0.05) is 19.1 Å². The number of nitrogens with zero attached hydrogens (tertiary/aromatic N) is 4. The number of oxazole rings is 1. The minimum Gasteiger partial charge on any atom is -0.441 e. The zero-order valence-electron chi connectivity index (χ0n) is 13.0. The second kappa shape index (κ2) is 6.47. The van der Waals surface area contributed by atoms with E-state index in [-0.39, 0.29) is 6.03 Å². The molecule has 2 aromatic heterocycles. The number of rotatable bonds is 5. The van der Waals surface area contributed by atoms with Crippen molar-refractivity contribution in [3.05, 3.63) is 36.0 Å². The fourth-order valence-electron chi connectivity index (χ4n) is 2.23. The highest BCUT2D eigenvalue weighted by Crippen LogP contribution is 2.14. The van der Waals surface area contributed by atoms with Crippen molar-refractivity contribution >= 4 is 23.1 Å². The summed E-state index contributed by atoms with van der Waals surface area (Å²) in [6.07, 6.45) is 1.27. The number of hydrogen-bond acceptors (Lipinski definition) is 5. The van der Waals surface area contributed by atoms with Gasteiger partial charge in [0.05, 0.1) is 0 Å². The topological polar surface area (TPSA) is 97.9 Å². The number of fused-ring (bicyclic) bond motifs is 1. The zero-order valence-corrected chi connectivity index (χ0v) is 13.0. The van der Waals surface area contributed by atoms with Crippen LogP contribution in [0.2, 0.25) is 0 Å². The van der Waals surface area contributed by atoms with Gasteiger partial charge in [-0.15, -0.1) is 5.10 Å². The molecule has 0 saturated carbocycles. The van der Waals surface area contributed by atoms with Crippen molar-refractivity contribution < 1.29 is 9.21 Å². The van der Waals surface area contributed by atoms with E-state index in [0.717, 1.165) is 23.3 Å². The molecule has 0 radical (unpaired) electrons. The van der Waals surface area contributed by atoms with Crippen molar-refractivity contribution in [1.82, 2.24) is 25.1 Å². The molecule has 0 spiro atoms. The van der Waals surface area contributed by atoms with Crippen molar-refractivity contribution in [2.24, 2.45) is 7.05 Å². The Hall–Kier alpha value is -2.90. The van der Waals surface area contributed by atoms with Crippen LogP contribution in [0.25, 0.3) is 11.1 Å². The molecule has 2 heterocycles. The molecule has 0 unspecified atom stereocenters. The number of nitrogens with one attached hydrogen (secondary N) is 2. The Morgan fingerprint density at radius 2 is 2.13 bits per heavy atom. The zero-order chi connectivity index (χ0) is 16.2. The second-order valence-electron chi connectivity index (χ2n) is 5.04. The van der Waals surface area contributed by atoms with Gasteiger partial charge in [-0.05, 0) is 12.1 Å². The Morgan fingerprint density at radius 1 is 1.30 bits per heavy atom. The molecule has 3 aromatic rings. The first kappa shape index (κ1) is 15.0. The number of anilines is 1. The predicted molar refractivity (Wildman–Crippen MR) is 85.1 cm³/mol. The molecule has 0 fully saturated rings. The molecule has 0 bridgehead atoms. The van der Waals surface area contributed by atoms with Gasteiger partial charge in [-0.25, -0.2) is 9.78 Å². The summed E-state index contributed by atoms with van der Waals surface area (Å²) in [4.78, 5) is 20.4. The van der Waals surface area contributed by atoms with Crippen molar-refractivity contribution in [2.45, 2.75) is 19.8 Å². The van der Waals surface area contributed by atoms with Crippen LogP contribution in [0.3, 0.4) is 0 Å². The molecule has 2 amide bonds. The summed E-state index contributed by atoms with van der Waals surface area (Å²) >= 11 is 0. The maximum Gasteiger partial charge on any atom is 0.321 e. The highest BCUT2D eigenvalue weighted by atomic mass is 16.3. The maximum atomic E-state index is 11.8. The summed E-state index contributed by atoms with van der Waals surface area (Å²) in [5.41, 5.74) is 1.56. The number of carbonyl (C=O) groups excluding carboxylic acids is 1. The molecule has 1 aromatic carbocycles. The van der Waals surface area contributed by atoms with Crippen LogP contribution < -0.4 is 10.6 Å². The van der Waals surface area contributed by atoms with E-state index in [1.54, 1.807) is 11.7 Å². The summed E-state index contributed by atoms with van der Waals surface area (Å²) < 4.78 is 7.24. The standard InChI is InChI=1S/C15H18N6O2/c1-3-12-18-14(20-21(12)2)19-15(22)16-9-8-13-17-10-6-4-5-7-11(10)23-13/h4-7H,3,8-9H2,1-2H3,(H2,16,19,20,22). The van der Waals surface area contributed by atoms with E-state index in [1.807, 2.05) is 31.2 Å². The van der Waals surface area contributed by atoms with Crippen molar-refractivity contribution in [3.63, 3.8) is 0 Å². The summed E-state index contributed by atoms with van der Waals surface area (Å²) in [5, 5.41) is 9.46. The highest BCUT2D eigenvalue weighted by molar-refractivity contribution is 5.87. The summed E-state index contributed by atoms with van der Waals surface area (Å²) in [5.74, 6) is 1.70. The number of para-hydroxylation sites is 2. The Bertz CT molecular complexity index is 789. The first-order valence-corrected chi connectivity index (χ1v) is 7.45. The van der Waals surface area contributed by atoms with Crippen LogP contribution in [0.4, 0.5) is 10.7 Å². The maximum absolute atomic E-state index is 11.8. The summed E-state index contributed by atoms with van der Waals surface area (Å²) in [6.45, 7) is 2.39. The van der Waals surface area contributed by atoms with Crippen LogP contribution >= 0.6 is 0 Å². The van der Waals surface area contributed by atoms with Crippen LogP contribution in [0, 0.1) is 0 Å². The number of aryl methyl sites for hydroxylation is 2. The van der Waals surface area contributed by atoms with Gasteiger partial charge in [0.15, 0.2) is 11.5 Å². The van der Waals surface area contributed by atoms with Crippen LogP contribution in [0.5, 0.6) is 0 Å². The average molecular weight is 314 g/mol. The van der Waals surface area contributed by atoms with Gasteiger partial charge in [0.1, 0.15) is 11.3 Å². The smallest absolute Gasteiger partial charge is 0.321 e. The lowest BCUT2D eigenvalue weighted by Gasteiger charge is -2.02. The van der Waals surface area contributed by atoms with E-state index in [0.29, 0.717) is 24.8 Å². The molecule has 0 atom stereocenters. The fraction of sp³-hybridized carbons (Fsp3) is 0.333. The van der Waals surface area contributed by atoms with Crippen molar-refractivity contribution in [2.75, 3.05) is 11.9 Å². The monoisotopic (exact) mass is 314 g/mol. The molecular weight excluding hydrogens is 296 g/mol. The van der Waals surface area contributed by atoms with Crippen LogP contribution in [0.15, 0.2) is 28.7 Å². The molecule has 8 heteroatoms. The molecule has 120 valence electrons. The van der Waals surface area contributed by atoms with E-state index in [4.69, 9.17) is 4.42 Å². The average Bonchev–Trinajstić information content (AvgIpc) is 3.09. The molecule has 0 saturated heterocycles. The van der Waals surface area contributed by atoms with E-state index in [2.05, 4.69) is 25.7 Å². The third-order valence-corrected chi connectivity index (χ3v) is 3.36. The summed E-state index contributed by atoms with van der Waals surface area (Å²) in [6, 6.07) is 7.21. The lowest BCUT2D eigenvalue weighted by molar-refractivity contribution is 0.252. The molecule has 23 heavy (non-hydrogen) atoms. The lowest BCUT2D eigenvalue weighted by Crippen LogP contribution is -2.31. The van der Waals surface area contributed by atoms with Crippen molar-refractivity contribution in [3.8, 4) is 0 Å². The molecular formula is C15H18N6O2. The Labute approximate surface area is 132 Å².